The average Bonchev–Trinajstić information content (AvgIpc) is 2.69. The monoisotopic (exact) mass is 406 g/mol. The Labute approximate surface area is 169 Å². The number of nitrogens with one attached hydrogen (secondary N) is 1. The van der Waals surface area contributed by atoms with Gasteiger partial charge < -0.3 is 15.0 Å². The van der Waals surface area contributed by atoms with E-state index in [1.807, 2.05) is 26.0 Å². The molecular formula is C21H24ClFN2O3. The predicted octanol–water partition coefficient (Wildman–Crippen LogP) is 3.80. The molecule has 2 rings (SSSR count). The maximum atomic E-state index is 13.0. The Balaban J connectivity index is 2.20. The highest BCUT2D eigenvalue weighted by atomic mass is 35.5. The van der Waals surface area contributed by atoms with Gasteiger partial charge in [0.25, 0.3) is 5.91 Å². The van der Waals surface area contributed by atoms with Crippen molar-refractivity contribution in [3.05, 3.63) is 64.9 Å². The summed E-state index contributed by atoms with van der Waals surface area (Å²) in [6.07, 6.45) is 0.443. The highest BCUT2D eigenvalue weighted by Gasteiger charge is 2.29. The summed E-state index contributed by atoms with van der Waals surface area (Å²) < 4.78 is 18.5. The van der Waals surface area contributed by atoms with Crippen LogP contribution >= 0.6 is 11.6 Å². The van der Waals surface area contributed by atoms with Gasteiger partial charge in [0, 0.05) is 18.1 Å². The van der Waals surface area contributed by atoms with E-state index in [4.69, 9.17) is 16.3 Å². The van der Waals surface area contributed by atoms with Gasteiger partial charge in [-0.3, -0.25) is 9.59 Å². The van der Waals surface area contributed by atoms with E-state index in [-0.39, 0.29) is 30.8 Å². The molecular weight excluding hydrogens is 383 g/mol. The van der Waals surface area contributed by atoms with E-state index < -0.39 is 6.04 Å². The second-order valence-corrected chi connectivity index (χ2v) is 6.58. The lowest BCUT2D eigenvalue weighted by molar-refractivity contribution is -0.142. The first-order valence-corrected chi connectivity index (χ1v) is 9.53. The van der Waals surface area contributed by atoms with Crippen LogP contribution in [0.15, 0.2) is 48.5 Å². The number of halogens is 2. The SMILES string of the molecule is CCNC(=O)[C@H](CC)N(Cc1ccccc1Cl)C(=O)COc1ccc(F)cc1. The topological polar surface area (TPSA) is 58.6 Å². The van der Waals surface area contributed by atoms with Gasteiger partial charge in [-0.2, -0.15) is 0 Å². The van der Waals surface area contributed by atoms with Crippen LogP contribution in [-0.2, 0) is 16.1 Å². The fourth-order valence-electron chi connectivity index (χ4n) is 2.78. The lowest BCUT2D eigenvalue weighted by atomic mass is 10.1. The van der Waals surface area contributed by atoms with E-state index in [0.29, 0.717) is 23.7 Å². The summed E-state index contributed by atoms with van der Waals surface area (Å²) in [5, 5.41) is 3.28. The van der Waals surface area contributed by atoms with Crippen LogP contribution in [0, 0.1) is 5.82 Å². The summed E-state index contributed by atoms with van der Waals surface area (Å²) in [5.41, 5.74) is 0.738. The fourth-order valence-corrected chi connectivity index (χ4v) is 2.98. The standard InChI is InChI=1S/C21H24ClFN2O3/c1-3-19(21(27)24-4-2)25(13-15-7-5-6-8-18(15)22)20(26)14-28-17-11-9-16(23)10-12-17/h5-12,19H,3-4,13-14H2,1-2H3,(H,24,27)/t19-/m0/s1. The van der Waals surface area contributed by atoms with Crippen LogP contribution in [0.1, 0.15) is 25.8 Å². The van der Waals surface area contributed by atoms with Gasteiger partial charge >= 0.3 is 0 Å². The van der Waals surface area contributed by atoms with Gasteiger partial charge in [0.05, 0.1) is 0 Å². The van der Waals surface area contributed by atoms with Crippen molar-refractivity contribution in [2.75, 3.05) is 13.2 Å². The zero-order chi connectivity index (χ0) is 20.5. The number of likely N-dealkylation sites (N-methyl/N-ethyl adjacent to an activating group) is 1. The van der Waals surface area contributed by atoms with Crippen molar-refractivity contribution in [3.63, 3.8) is 0 Å². The third-order valence-electron chi connectivity index (χ3n) is 4.21. The van der Waals surface area contributed by atoms with Gasteiger partial charge in [0.15, 0.2) is 6.61 Å². The van der Waals surface area contributed by atoms with Gasteiger partial charge in [-0.1, -0.05) is 36.7 Å². The molecule has 0 unspecified atom stereocenters. The molecule has 0 radical (unpaired) electrons. The van der Waals surface area contributed by atoms with Crippen LogP contribution in [0.5, 0.6) is 5.75 Å². The molecule has 0 aliphatic heterocycles. The number of hydrogen-bond acceptors (Lipinski definition) is 3. The summed E-state index contributed by atoms with van der Waals surface area (Å²) in [7, 11) is 0. The van der Waals surface area contributed by atoms with Gasteiger partial charge in [-0.05, 0) is 49.2 Å². The Hall–Kier alpha value is -2.60. The molecule has 1 N–H and O–H groups in total. The summed E-state index contributed by atoms with van der Waals surface area (Å²) in [4.78, 5) is 26.9. The van der Waals surface area contributed by atoms with Crippen molar-refractivity contribution in [1.29, 1.82) is 0 Å². The van der Waals surface area contributed by atoms with Crippen LogP contribution in [0.4, 0.5) is 4.39 Å². The number of hydrogen-bond donors (Lipinski definition) is 1. The molecule has 5 nitrogen and oxygen atoms in total. The number of ether oxygens (including phenoxy) is 1. The maximum absolute atomic E-state index is 13.0. The Kier molecular flexibility index (Phi) is 8.26. The van der Waals surface area contributed by atoms with Crippen molar-refractivity contribution >= 4 is 23.4 Å². The largest absolute Gasteiger partial charge is 0.484 e. The molecule has 0 saturated heterocycles. The van der Waals surface area contributed by atoms with E-state index in [0.717, 1.165) is 5.56 Å². The molecule has 0 heterocycles. The van der Waals surface area contributed by atoms with Gasteiger partial charge in [-0.15, -0.1) is 0 Å². The Morgan fingerprint density at radius 3 is 2.43 bits per heavy atom. The molecule has 28 heavy (non-hydrogen) atoms. The number of benzene rings is 2. The molecule has 2 aromatic rings. The molecule has 0 aliphatic rings. The quantitative estimate of drug-likeness (QED) is 0.689. The first kappa shape index (κ1) is 21.7. The lowest BCUT2D eigenvalue weighted by Crippen LogP contribution is -2.50. The van der Waals surface area contributed by atoms with Crippen LogP contribution in [-0.4, -0.2) is 35.9 Å². The summed E-state index contributed by atoms with van der Waals surface area (Å²) in [6, 6.07) is 11.9. The number of amides is 2. The minimum Gasteiger partial charge on any atom is -0.484 e. The molecule has 0 bridgehead atoms. The number of carbonyl (C=O) groups is 2. The third-order valence-corrected chi connectivity index (χ3v) is 4.58. The molecule has 0 aromatic heterocycles. The highest BCUT2D eigenvalue weighted by Crippen LogP contribution is 2.20. The van der Waals surface area contributed by atoms with Crippen molar-refractivity contribution in [1.82, 2.24) is 10.2 Å². The summed E-state index contributed by atoms with van der Waals surface area (Å²) in [5.74, 6) is -0.602. The third kappa shape index (κ3) is 5.96. The van der Waals surface area contributed by atoms with E-state index in [9.17, 15) is 14.0 Å². The molecule has 7 heteroatoms. The molecule has 0 aliphatic carbocycles. The second kappa shape index (κ2) is 10.7. The summed E-state index contributed by atoms with van der Waals surface area (Å²) >= 11 is 6.24. The van der Waals surface area contributed by atoms with E-state index in [1.54, 1.807) is 12.1 Å². The molecule has 1 atom stereocenters. The van der Waals surface area contributed by atoms with E-state index in [1.165, 1.54) is 29.2 Å². The van der Waals surface area contributed by atoms with E-state index in [2.05, 4.69) is 5.32 Å². The maximum Gasteiger partial charge on any atom is 0.261 e. The average molecular weight is 407 g/mol. The van der Waals surface area contributed by atoms with Crippen LogP contribution in [0.25, 0.3) is 0 Å². The molecule has 150 valence electrons. The predicted molar refractivity (Wildman–Crippen MR) is 107 cm³/mol. The lowest BCUT2D eigenvalue weighted by Gasteiger charge is -2.30. The normalized spacial score (nSPS) is 11.6. The number of carbonyl (C=O) groups excluding carboxylic acids is 2. The Morgan fingerprint density at radius 2 is 1.82 bits per heavy atom. The summed E-state index contributed by atoms with van der Waals surface area (Å²) in [6.45, 7) is 4.04. The first-order chi connectivity index (χ1) is 13.5. The van der Waals surface area contributed by atoms with Crippen molar-refractivity contribution in [3.8, 4) is 5.75 Å². The van der Waals surface area contributed by atoms with Gasteiger partial charge in [0.1, 0.15) is 17.6 Å². The Morgan fingerprint density at radius 1 is 1.14 bits per heavy atom. The first-order valence-electron chi connectivity index (χ1n) is 9.15. The van der Waals surface area contributed by atoms with E-state index >= 15 is 0 Å². The van der Waals surface area contributed by atoms with Crippen LogP contribution < -0.4 is 10.1 Å². The Bertz CT molecular complexity index is 798. The zero-order valence-corrected chi connectivity index (χ0v) is 16.7. The fraction of sp³-hybridized carbons (Fsp3) is 0.333. The minimum atomic E-state index is -0.652. The smallest absolute Gasteiger partial charge is 0.261 e. The highest BCUT2D eigenvalue weighted by molar-refractivity contribution is 6.31. The van der Waals surface area contributed by atoms with Crippen molar-refractivity contribution < 1.29 is 18.7 Å². The zero-order valence-electron chi connectivity index (χ0n) is 16.0. The molecule has 2 amide bonds. The van der Waals surface area contributed by atoms with Gasteiger partial charge in [0.2, 0.25) is 5.91 Å². The van der Waals surface area contributed by atoms with Crippen LogP contribution in [0.2, 0.25) is 5.02 Å². The molecule has 0 saturated carbocycles. The van der Waals surface area contributed by atoms with Crippen molar-refractivity contribution in [2.45, 2.75) is 32.9 Å². The number of rotatable bonds is 9. The van der Waals surface area contributed by atoms with Gasteiger partial charge in [-0.25, -0.2) is 4.39 Å². The molecule has 2 aromatic carbocycles. The second-order valence-electron chi connectivity index (χ2n) is 6.17. The van der Waals surface area contributed by atoms with Crippen LogP contribution in [0.3, 0.4) is 0 Å². The molecule has 0 spiro atoms. The van der Waals surface area contributed by atoms with Crippen molar-refractivity contribution in [2.24, 2.45) is 0 Å². The number of nitrogens with zero attached hydrogens (tertiary/aromatic N) is 1. The molecule has 0 fully saturated rings. The minimum absolute atomic E-state index is 0.181.